The lowest BCUT2D eigenvalue weighted by Gasteiger charge is -2.31. The fourth-order valence-electron chi connectivity index (χ4n) is 3.63. The molecule has 2 aromatic carbocycles. The van der Waals surface area contributed by atoms with E-state index >= 15 is 0 Å². The van der Waals surface area contributed by atoms with E-state index in [9.17, 15) is 4.79 Å². The van der Waals surface area contributed by atoms with E-state index in [2.05, 4.69) is 37.0 Å². The number of hydrogen-bond acceptors (Lipinski definition) is 4. The minimum absolute atomic E-state index is 0.0875. The normalized spacial score (nSPS) is 15.2. The van der Waals surface area contributed by atoms with Crippen LogP contribution >= 0.6 is 22.9 Å². The van der Waals surface area contributed by atoms with Gasteiger partial charge >= 0.3 is 0 Å². The van der Waals surface area contributed by atoms with Crippen LogP contribution in [-0.2, 0) is 11.2 Å². The zero-order chi connectivity index (χ0) is 19.7. The van der Waals surface area contributed by atoms with Crippen LogP contribution in [0.4, 0.5) is 0 Å². The molecule has 146 valence electrons. The van der Waals surface area contributed by atoms with E-state index in [0.717, 1.165) is 41.7 Å². The number of halogens is 1. The third kappa shape index (κ3) is 4.15. The van der Waals surface area contributed by atoms with Crippen LogP contribution in [0.1, 0.15) is 29.5 Å². The third-order valence-corrected chi connectivity index (χ3v) is 6.47. The molecule has 2 heterocycles. The lowest BCUT2D eigenvalue weighted by Crippen LogP contribution is -2.42. The number of aromatic nitrogens is 1. The van der Waals surface area contributed by atoms with Crippen LogP contribution in [0, 0.1) is 13.8 Å². The van der Waals surface area contributed by atoms with Gasteiger partial charge in [-0.2, -0.15) is 0 Å². The standard InChI is InChI=1S/C22H23ClN2O2S/c1-14-6-7-16(15(2)12-14)13-20(26)25-10-8-17(9-11-25)27-22-24-21-18(23)4-3-5-19(21)28-22/h3-7,12,17H,8-11,13H2,1-2H3. The van der Waals surface area contributed by atoms with Crippen LogP contribution in [0.25, 0.3) is 10.2 Å². The first-order valence-electron chi connectivity index (χ1n) is 9.55. The second-order valence-corrected chi connectivity index (χ2v) is 8.77. The number of aryl methyl sites for hydroxylation is 2. The fourth-order valence-corrected chi connectivity index (χ4v) is 4.81. The monoisotopic (exact) mass is 414 g/mol. The minimum atomic E-state index is 0.0875. The number of hydrogen-bond donors (Lipinski definition) is 0. The van der Waals surface area contributed by atoms with E-state index in [1.165, 1.54) is 22.5 Å². The summed E-state index contributed by atoms with van der Waals surface area (Å²) in [5, 5.41) is 1.30. The quantitative estimate of drug-likeness (QED) is 0.590. The summed E-state index contributed by atoms with van der Waals surface area (Å²) in [7, 11) is 0. The summed E-state index contributed by atoms with van der Waals surface area (Å²) in [5.41, 5.74) is 4.31. The Hall–Kier alpha value is -2.11. The number of benzene rings is 2. The number of amides is 1. The molecule has 1 saturated heterocycles. The average molecular weight is 415 g/mol. The van der Waals surface area contributed by atoms with Crippen molar-refractivity contribution >= 4 is 39.1 Å². The van der Waals surface area contributed by atoms with Crippen LogP contribution in [0.2, 0.25) is 5.02 Å². The highest BCUT2D eigenvalue weighted by Gasteiger charge is 2.25. The molecule has 3 aromatic rings. The molecule has 4 rings (SSSR count). The number of carbonyl (C=O) groups is 1. The molecule has 0 saturated carbocycles. The van der Waals surface area contributed by atoms with Crippen molar-refractivity contribution in [2.75, 3.05) is 13.1 Å². The molecule has 6 heteroatoms. The summed E-state index contributed by atoms with van der Waals surface area (Å²) >= 11 is 7.72. The van der Waals surface area contributed by atoms with Crippen LogP contribution < -0.4 is 4.74 Å². The summed E-state index contributed by atoms with van der Waals surface area (Å²) in [4.78, 5) is 19.2. The highest BCUT2D eigenvalue weighted by Crippen LogP contribution is 2.33. The Morgan fingerprint density at radius 1 is 1.25 bits per heavy atom. The molecule has 0 aliphatic carbocycles. The van der Waals surface area contributed by atoms with E-state index in [1.807, 2.05) is 23.1 Å². The van der Waals surface area contributed by atoms with Gasteiger partial charge in [0.15, 0.2) is 0 Å². The third-order valence-electron chi connectivity index (χ3n) is 5.25. The average Bonchev–Trinajstić information content (AvgIpc) is 3.08. The molecule has 0 bridgehead atoms. The number of rotatable bonds is 4. The van der Waals surface area contributed by atoms with Crippen LogP contribution in [0.15, 0.2) is 36.4 Å². The van der Waals surface area contributed by atoms with Gasteiger partial charge in [-0.05, 0) is 37.1 Å². The summed E-state index contributed by atoms with van der Waals surface area (Å²) < 4.78 is 7.12. The molecule has 0 radical (unpaired) electrons. The second-order valence-electron chi connectivity index (χ2n) is 7.37. The van der Waals surface area contributed by atoms with Crippen molar-refractivity contribution in [3.8, 4) is 5.19 Å². The van der Waals surface area contributed by atoms with E-state index in [0.29, 0.717) is 16.6 Å². The van der Waals surface area contributed by atoms with Crippen molar-refractivity contribution in [1.82, 2.24) is 9.88 Å². The molecular weight excluding hydrogens is 392 g/mol. The topological polar surface area (TPSA) is 42.4 Å². The highest BCUT2D eigenvalue weighted by molar-refractivity contribution is 7.20. The molecule has 1 aliphatic rings. The maximum absolute atomic E-state index is 12.7. The molecule has 0 unspecified atom stereocenters. The van der Waals surface area contributed by atoms with Crippen LogP contribution in [0.5, 0.6) is 5.19 Å². The fraction of sp³-hybridized carbons (Fsp3) is 0.364. The Morgan fingerprint density at radius 3 is 2.75 bits per heavy atom. The van der Waals surface area contributed by atoms with E-state index < -0.39 is 0 Å². The van der Waals surface area contributed by atoms with Crippen molar-refractivity contribution < 1.29 is 9.53 Å². The molecule has 0 atom stereocenters. The van der Waals surface area contributed by atoms with E-state index in [-0.39, 0.29) is 12.0 Å². The molecule has 0 N–H and O–H groups in total. The molecule has 28 heavy (non-hydrogen) atoms. The molecule has 1 fully saturated rings. The van der Waals surface area contributed by atoms with Gasteiger partial charge in [0, 0.05) is 25.9 Å². The number of fused-ring (bicyclic) bond motifs is 1. The molecule has 1 amide bonds. The molecule has 4 nitrogen and oxygen atoms in total. The van der Waals surface area contributed by atoms with Gasteiger partial charge in [-0.25, -0.2) is 4.98 Å². The Kier molecular flexibility index (Phi) is 5.56. The smallest absolute Gasteiger partial charge is 0.274 e. The zero-order valence-electron chi connectivity index (χ0n) is 16.1. The van der Waals surface area contributed by atoms with Crippen molar-refractivity contribution in [1.29, 1.82) is 0 Å². The van der Waals surface area contributed by atoms with Crippen LogP contribution in [-0.4, -0.2) is 35.0 Å². The first-order valence-corrected chi connectivity index (χ1v) is 10.7. The number of nitrogens with zero attached hydrogens (tertiary/aromatic N) is 2. The highest BCUT2D eigenvalue weighted by atomic mass is 35.5. The van der Waals surface area contributed by atoms with Crippen molar-refractivity contribution in [2.24, 2.45) is 0 Å². The van der Waals surface area contributed by atoms with Gasteiger partial charge in [0.2, 0.25) is 5.91 Å². The predicted molar refractivity (Wildman–Crippen MR) is 114 cm³/mol. The second kappa shape index (κ2) is 8.10. The molecule has 0 spiro atoms. The number of carbonyl (C=O) groups excluding carboxylic acids is 1. The SMILES string of the molecule is Cc1ccc(CC(=O)N2CCC(Oc3nc4c(Cl)cccc4s3)CC2)c(C)c1. The number of thiazole rings is 1. The lowest BCUT2D eigenvalue weighted by molar-refractivity contribution is -0.132. The van der Waals surface area contributed by atoms with Gasteiger partial charge in [0.05, 0.1) is 16.1 Å². The molecule has 1 aliphatic heterocycles. The summed E-state index contributed by atoms with van der Waals surface area (Å²) in [5.74, 6) is 0.192. The van der Waals surface area contributed by atoms with E-state index in [1.54, 1.807) is 0 Å². The Morgan fingerprint density at radius 2 is 2.04 bits per heavy atom. The summed E-state index contributed by atoms with van der Waals surface area (Å²) in [6.07, 6.45) is 2.20. The van der Waals surface area contributed by atoms with Crippen LogP contribution in [0.3, 0.4) is 0 Å². The van der Waals surface area contributed by atoms with Gasteiger partial charge in [-0.1, -0.05) is 52.8 Å². The molecule has 1 aromatic heterocycles. The van der Waals surface area contributed by atoms with Gasteiger partial charge < -0.3 is 9.64 Å². The number of ether oxygens (including phenoxy) is 1. The molecular formula is C22H23ClN2O2S. The Labute approximate surface area is 174 Å². The minimum Gasteiger partial charge on any atom is -0.467 e. The number of piperidine rings is 1. The first-order chi connectivity index (χ1) is 13.5. The van der Waals surface area contributed by atoms with Crippen molar-refractivity contribution in [2.45, 2.75) is 39.2 Å². The Bertz CT molecular complexity index is 1010. The van der Waals surface area contributed by atoms with Gasteiger partial charge in [0.1, 0.15) is 11.6 Å². The maximum atomic E-state index is 12.7. The van der Waals surface area contributed by atoms with Gasteiger partial charge in [-0.3, -0.25) is 4.79 Å². The maximum Gasteiger partial charge on any atom is 0.274 e. The largest absolute Gasteiger partial charge is 0.467 e. The Balaban J connectivity index is 1.33. The zero-order valence-corrected chi connectivity index (χ0v) is 17.6. The predicted octanol–water partition coefficient (Wildman–Crippen LogP) is 5.18. The van der Waals surface area contributed by atoms with Gasteiger partial charge in [-0.15, -0.1) is 0 Å². The van der Waals surface area contributed by atoms with Gasteiger partial charge in [0.25, 0.3) is 5.19 Å². The summed E-state index contributed by atoms with van der Waals surface area (Å²) in [6, 6.07) is 12.0. The van der Waals surface area contributed by atoms with Crippen molar-refractivity contribution in [3.05, 3.63) is 58.1 Å². The number of para-hydroxylation sites is 1. The number of likely N-dealkylation sites (tertiary alicyclic amines) is 1. The van der Waals surface area contributed by atoms with E-state index in [4.69, 9.17) is 16.3 Å². The lowest BCUT2D eigenvalue weighted by atomic mass is 10.0. The first kappa shape index (κ1) is 19.2. The van der Waals surface area contributed by atoms with Crippen molar-refractivity contribution in [3.63, 3.8) is 0 Å². The summed E-state index contributed by atoms with van der Waals surface area (Å²) in [6.45, 7) is 5.59.